The minimum atomic E-state index is -4.42. The maximum atomic E-state index is 12.6. The Kier molecular flexibility index (Phi) is 5.08. The Balaban J connectivity index is 1.95. The quantitative estimate of drug-likeness (QED) is 0.883. The van der Waals surface area contributed by atoms with Gasteiger partial charge in [0.2, 0.25) is 0 Å². The van der Waals surface area contributed by atoms with Gasteiger partial charge >= 0.3 is 6.18 Å². The van der Waals surface area contributed by atoms with Crippen LogP contribution >= 0.6 is 0 Å². The van der Waals surface area contributed by atoms with E-state index in [-0.39, 0.29) is 30.3 Å². The standard InChI is InChI=1S/C15H19F3N2O2/c1-10-7-20(8-11(2)22-10)9-14(21)19-13-5-3-4-12(6-13)15(16,17)18/h3-6,10-11H,7-9H2,1-2H3,(H,19,21)/p+1/t10-,11-/m0/s1. The molecule has 1 aliphatic heterocycles. The topological polar surface area (TPSA) is 42.8 Å². The molecule has 2 N–H and O–H groups in total. The summed E-state index contributed by atoms with van der Waals surface area (Å²) in [5.41, 5.74) is -0.611. The van der Waals surface area contributed by atoms with Crippen molar-refractivity contribution in [2.24, 2.45) is 0 Å². The third kappa shape index (κ3) is 4.71. The third-order valence-electron chi connectivity index (χ3n) is 3.50. The average Bonchev–Trinajstić information content (AvgIpc) is 2.36. The number of rotatable bonds is 3. The van der Waals surface area contributed by atoms with E-state index < -0.39 is 11.7 Å². The van der Waals surface area contributed by atoms with E-state index in [1.807, 2.05) is 13.8 Å². The van der Waals surface area contributed by atoms with E-state index in [0.29, 0.717) is 13.1 Å². The number of hydrogen-bond donors (Lipinski definition) is 2. The van der Waals surface area contributed by atoms with Crippen molar-refractivity contribution in [3.63, 3.8) is 0 Å². The SMILES string of the molecule is C[C@H]1C[NH+](CC(=O)Nc2cccc(C(F)(F)F)c2)C[C@H](C)O1. The molecule has 1 heterocycles. The number of morpholine rings is 1. The van der Waals surface area contributed by atoms with E-state index in [0.717, 1.165) is 17.0 Å². The highest BCUT2D eigenvalue weighted by molar-refractivity contribution is 5.91. The highest BCUT2D eigenvalue weighted by Crippen LogP contribution is 2.30. The second-order valence-electron chi connectivity index (χ2n) is 5.72. The lowest BCUT2D eigenvalue weighted by Crippen LogP contribution is -3.16. The van der Waals surface area contributed by atoms with Crippen LogP contribution in [-0.2, 0) is 15.7 Å². The molecule has 7 heteroatoms. The van der Waals surface area contributed by atoms with Gasteiger partial charge in [-0.1, -0.05) is 6.07 Å². The molecule has 1 aliphatic rings. The summed E-state index contributed by atoms with van der Waals surface area (Å²) in [7, 11) is 0. The first kappa shape index (κ1) is 16.8. The molecule has 0 spiro atoms. The summed E-state index contributed by atoms with van der Waals surface area (Å²) in [5.74, 6) is -0.296. The van der Waals surface area contributed by atoms with Crippen molar-refractivity contribution in [1.82, 2.24) is 0 Å². The van der Waals surface area contributed by atoms with Gasteiger partial charge in [-0.05, 0) is 32.0 Å². The number of benzene rings is 1. The minimum absolute atomic E-state index is 0.0695. The Labute approximate surface area is 127 Å². The molecule has 1 saturated heterocycles. The van der Waals surface area contributed by atoms with E-state index in [1.54, 1.807) is 0 Å². The van der Waals surface area contributed by atoms with Crippen LogP contribution < -0.4 is 10.2 Å². The number of amides is 1. The minimum Gasteiger partial charge on any atom is -0.364 e. The zero-order valence-corrected chi connectivity index (χ0v) is 12.5. The van der Waals surface area contributed by atoms with Crippen molar-refractivity contribution >= 4 is 11.6 Å². The smallest absolute Gasteiger partial charge is 0.364 e. The summed E-state index contributed by atoms with van der Waals surface area (Å²) >= 11 is 0. The van der Waals surface area contributed by atoms with Gasteiger partial charge in [0.05, 0.1) is 5.56 Å². The highest BCUT2D eigenvalue weighted by Gasteiger charge is 2.31. The Bertz CT molecular complexity index is 524. The molecule has 0 saturated carbocycles. The number of ether oxygens (including phenoxy) is 1. The zero-order valence-electron chi connectivity index (χ0n) is 12.5. The maximum absolute atomic E-state index is 12.6. The average molecular weight is 317 g/mol. The lowest BCUT2D eigenvalue weighted by atomic mass is 10.2. The van der Waals surface area contributed by atoms with E-state index in [4.69, 9.17) is 4.74 Å². The van der Waals surface area contributed by atoms with Crippen LogP contribution in [0.3, 0.4) is 0 Å². The van der Waals surface area contributed by atoms with Gasteiger partial charge in [-0.25, -0.2) is 0 Å². The second kappa shape index (κ2) is 6.66. The Morgan fingerprint density at radius 1 is 1.32 bits per heavy atom. The fourth-order valence-electron chi connectivity index (χ4n) is 2.74. The number of hydrogen-bond acceptors (Lipinski definition) is 2. The highest BCUT2D eigenvalue weighted by atomic mass is 19.4. The first-order valence-electron chi connectivity index (χ1n) is 7.20. The van der Waals surface area contributed by atoms with E-state index in [2.05, 4.69) is 5.32 Å². The summed E-state index contributed by atoms with van der Waals surface area (Å²) in [6.07, 6.45) is -4.28. The number of alkyl halides is 3. The van der Waals surface area contributed by atoms with Crippen molar-refractivity contribution in [2.75, 3.05) is 25.0 Å². The molecule has 1 amide bonds. The van der Waals surface area contributed by atoms with Crippen molar-refractivity contribution in [3.8, 4) is 0 Å². The lowest BCUT2D eigenvalue weighted by Gasteiger charge is -2.31. The number of quaternary nitrogens is 1. The number of anilines is 1. The van der Waals surface area contributed by atoms with Gasteiger partial charge in [0.15, 0.2) is 6.54 Å². The normalized spacial score (nSPS) is 25.8. The van der Waals surface area contributed by atoms with Crippen LogP contribution in [0, 0.1) is 0 Å². The molecule has 0 bridgehead atoms. The number of carbonyl (C=O) groups excluding carboxylic acids is 1. The van der Waals surface area contributed by atoms with Crippen LogP contribution in [0.4, 0.5) is 18.9 Å². The Morgan fingerprint density at radius 2 is 1.95 bits per heavy atom. The fourth-order valence-corrected chi connectivity index (χ4v) is 2.74. The predicted molar refractivity (Wildman–Crippen MR) is 75.6 cm³/mol. The summed E-state index contributed by atoms with van der Waals surface area (Å²) in [5, 5.41) is 2.53. The molecule has 0 aliphatic carbocycles. The number of halogens is 3. The summed E-state index contributed by atoms with van der Waals surface area (Å²) in [6, 6.07) is 4.65. The van der Waals surface area contributed by atoms with Crippen molar-refractivity contribution in [3.05, 3.63) is 29.8 Å². The van der Waals surface area contributed by atoms with Crippen LogP contribution in [0.2, 0.25) is 0 Å². The van der Waals surface area contributed by atoms with Crippen LogP contribution in [0.5, 0.6) is 0 Å². The van der Waals surface area contributed by atoms with E-state index in [1.165, 1.54) is 12.1 Å². The van der Waals surface area contributed by atoms with Crippen molar-refractivity contribution in [1.29, 1.82) is 0 Å². The molecule has 1 aromatic carbocycles. The molecule has 0 aromatic heterocycles. The molecule has 2 atom stereocenters. The van der Waals surface area contributed by atoms with Gasteiger partial charge in [-0.15, -0.1) is 0 Å². The summed E-state index contributed by atoms with van der Waals surface area (Å²) < 4.78 is 43.5. The first-order valence-corrected chi connectivity index (χ1v) is 7.20. The number of nitrogens with one attached hydrogen (secondary N) is 2. The van der Waals surface area contributed by atoms with Gasteiger partial charge in [-0.2, -0.15) is 13.2 Å². The van der Waals surface area contributed by atoms with Crippen LogP contribution in [0.25, 0.3) is 0 Å². The molecule has 4 nitrogen and oxygen atoms in total. The molecular weight excluding hydrogens is 297 g/mol. The molecule has 122 valence electrons. The van der Waals surface area contributed by atoms with Gasteiger partial charge < -0.3 is 15.0 Å². The molecule has 1 aromatic rings. The monoisotopic (exact) mass is 317 g/mol. The van der Waals surface area contributed by atoms with E-state index >= 15 is 0 Å². The van der Waals surface area contributed by atoms with Gasteiger partial charge in [0.1, 0.15) is 25.3 Å². The first-order chi connectivity index (χ1) is 10.2. The summed E-state index contributed by atoms with van der Waals surface area (Å²) in [6.45, 7) is 5.52. The van der Waals surface area contributed by atoms with Gasteiger partial charge in [0, 0.05) is 5.69 Å². The Hall–Kier alpha value is -1.60. The second-order valence-corrected chi connectivity index (χ2v) is 5.72. The van der Waals surface area contributed by atoms with Crippen LogP contribution in [-0.4, -0.2) is 37.7 Å². The predicted octanol–water partition coefficient (Wildman–Crippen LogP) is 1.34. The zero-order chi connectivity index (χ0) is 16.3. The summed E-state index contributed by atoms with van der Waals surface area (Å²) in [4.78, 5) is 13.1. The molecule has 0 unspecified atom stereocenters. The van der Waals surface area contributed by atoms with Crippen LogP contribution in [0.15, 0.2) is 24.3 Å². The largest absolute Gasteiger partial charge is 0.416 e. The fraction of sp³-hybridized carbons (Fsp3) is 0.533. The van der Waals surface area contributed by atoms with Crippen molar-refractivity contribution < 1.29 is 27.6 Å². The van der Waals surface area contributed by atoms with Crippen molar-refractivity contribution in [2.45, 2.75) is 32.2 Å². The molecule has 2 rings (SSSR count). The molecule has 1 fully saturated rings. The lowest BCUT2D eigenvalue weighted by molar-refractivity contribution is -0.907. The van der Waals surface area contributed by atoms with E-state index in [9.17, 15) is 18.0 Å². The maximum Gasteiger partial charge on any atom is 0.416 e. The molecular formula is C15H20F3N2O2+. The van der Waals surface area contributed by atoms with Crippen LogP contribution in [0.1, 0.15) is 19.4 Å². The Morgan fingerprint density at radius 3 is 2.55 bits per heavy atom. The molecule has 0 radical (unpaired) electrons. The van der Waals surface area contributed by atoms with Gasteiger partial charge in [-0.3, -0.25) is 4.79 Å². The molecule has 22 heavy (non-hydrogen) atoms. The van der Waals surface area contributed by atoms with Gasteiger partial charge in [0.25, 0.3) is 5.91 Å². The third-order valence-corrected chi connectivity index (χ3v) is 3.50. The number of carbonyl (C=O) groups is 1.